The Balaban J connectivity index is -0.00000000521. The van der Waals surface area contributed by atoms with Gasteiger partial charge in [-0.2, -0.15) is 0 Å². The topological polar surface area (TPSA) is 20.2 Å². The quantitative estimate of drug-likeness (QED) is 0.409. The van der Waals surface area contributed by atoms with Gasteiger partial charge in [0.05, 0.1) is 0 Å². The van der Waals surface area contributed by atoms with Crippen molar-refractivity contribution in [3.63, 3.8) is 0 Å². The summed E-state index contributed by atoms with van der Waals surface area (Å²) in [5.41, 5.74) is 0. The van der Waals surface area contributed by atoms with E-state index in [0.717, 1.165) is 0 Å². The molecule has 0 atom stereocenters. The molecular weight excluding hydrogens is 775 g/mol. The molecule has 1 nitrogen and oxygen atoms in total. The van der Waals surface area contributed by atoms with Gasteiger partial charge in [0.1, 0.15) is 0 Å². The van der Waals surface area contributed by atoms with Crippen molar-refractivity contribution < 1.29 is 267 Å². The number of aliphatic hydroxyl groups excluding tert-OH is 1. The fraction of sp³-hybridized carbons (Fsp3) is 1.00. The Morgan fingerprint density at radius 2 is 0.923 bits per heavy atom. The van der Waals surface area contributed by atoms with E-state index in [4.69, 9.17) is 5.11 Å². The standard InChI is InChI=1S/C4H8O.8Y/c5-3-4-1-2-4;;;;;;;;/h4-5H,1-3H2;;;;;;;;. The molecule has 0 bridgehead atoms. The van der Waals surface area contributed by atoms with Crippen LogP contribution in [0.4, 0.5) is 0 Å². The van der Waals surface area contributed by atoms with E-state index < -0.39 is 0 Å². The maximum absolute atomic E-state index is 8.21. The van der Waals surface area contributed by atoms with Gasteiger partial charge < -0.3 is 5.11 Å². The summed E-state index contributed by atoms with van der Waals surface area (Å²) < 4.78 is 0. The van der Waals surface area contributed by atoms with Crippen molar-refractivity contribution >= 4 is 0 Å². The SMILES string of the molecule is OCC1CC1.[Y].[Y].[Y].[Y].[Y].[Y].[Y].[Y]. The fourth-order valence-electron chi connectivity index (χ4n) is 0.300. The van der Waals surface area contributed by atoms with Gasteiger partial charge in [-0.15, -0.1) is 0 Å². The average Bonchev–Trinajstić information content (AvgIpc) is 2.12. The number of rotatable bonds is 1. The minimum Gasteiger partial charge on any atom is -0.396 e. The Bertz CT molecular complexity index is 43.1. The molecule has 0 spiro atoms. The predicted molar refractivity (Wildman–Crippen MR) is 19.8 cm³/mol. The zero-order valence-electron chi connectivity index (χ0n) is 7.76. The van der Waals surface area contributed by atoms with Gasteiger partial charge >= 0.3 is 0 Å². The van der Waals surface area contributed by atoms with Gasteiger partial charge in [-0.05, 0) is 18.8 Å². The summed E-state index contributed by atoms with van der Waals surface area (Å²) >= 11 is 0. The molecule has 1 aliphatic rings. The molecule has 0 aromatic carbocycles. The van der Waals surface area contributed by atoms with E-state index in [-0.39, 0.29) is 262 Å². The van der Waals surface area contributed by atoms with Gasteiger partial charge in [-0.1, -0.05) is 0 Å². The van der Waals surface area contributed by atoms with Crippen LogP contribution in [0.15, 0.2) is 0 Å². The molecule has 0 heterocycles. The monoisotopic (exact) mass is 783 g/mol. The van der Waals surface area contributed by atoms with Crippen LogP contribution in [0.5, 0.6) is 0 Å². The molecule has 0 saturated heterocycles. The van der Waals surface area contributed by atoms with E-state index in [9.17, 15) is 0 Å². The molecule has 13 heavy (non-hydrogen) atoms. The van der Waals surface area contributed by atoms with Gasteiger partial charge in [0.15, 0.2) is 0 Å². The van der Waals surface area contributed by atoms with E-state index in [2.05, 4.69) is 0 Å². The largest absolute Gasteiger partial charge is 0.396 e. The first-order valence-corrected chi connectivity index (χ1v) is 2.04. The van der Waals surface area contributed by atoms with Crippen LogP contribution in [0.25, 0.3) is 0 Å². The van der Waals surface area contributed by atoms with Crippen molar-refractivity contribution in [3.8, 4) is 0 Å². The van der Waals surface area contributed by atoms with E-state index in [1.807, 2.05) is 0 Å². The summed E-state index contributed by atoms with van der Waals surface area (Å²) in [6, 6.07) is 0. The van der Waals surface area contributed by atoms with E-state index >= 15 is 0 Å². The number of hydrogen-bond donors (Lipinski definition) is 1. The second-order valence-corrected chi connectivity index (χ2v) is 1.63. The molecular formula is C4H8OY8. The first-order valence-electron chi connectivity index (χ1n) is 2.04. The predicted octanol–water partition coefficient (Wildman–Crippen LogP) is 0.369. The van der Waals surface area contributed by atoms with Crippen LogP contribution >= 0.6 is 0 Å². The van der Waals surface area contributed by atoms with Crippen molar-refractivity contribution in [2.45, 2.75) is 12.8 Å². The normalized spacial score (nSPS) is 9.00. The molecule has 1 rings (SSSR count). The third-order valence-electron chi connectivity index (χ3n) is 0.955. The molecule has 8 radical (unpaired) electrons. The second kappa shape index (κ2) is 37.2. The van der Waals surface area contributed by atoms with Crippen LogP contribution in [0.2, 0.25) is 0 Å². The number of aliphatic hydroxyl groups is 1. The molecule has 1 N–H and O–H groups in total. The molecule has 0 aliphatic heterocycles. The smallest absolute Gasteiger partial charge is 0.0459 e. The minimum atomic E-state index is 0. The molecule has 1 aliphatic carbocycles. The molecule has 0 unspecified atom stereocenters. The Hall–Kier alpha value is 8.79. The zero-order chi connectivity index (χ0) is 3.70. The van der Waals surface area contributed by atoms with Gasteiger partial charge in [-0.3, -0.25) is 0 Å². The van der Waals surface area contributed by atoms with Crippen molar-refractivity contribution in [1.29, 1.82) is 0 Å². The van der Waals surface area contributed by atoms with Gasteiger partial charge in [-0.25, -0.2) is 0 Å². The Labute approximate surface area is 283 Å². The first-order chi connectivity index (χ1) is 2.43. The summed E-state index contributed by atoms with van der Waals surface area (Å²) in [7, 11) is 0. The van der Waals surface area contributed by atoms with Crippen molar-refractivity contribution in [2.75, 3.05) is 6.61 Å². The maximum atomic E-state index is 8.21. The number of hydrogen-bond acceptors (Lipinski definition) is 1. The molecule has 1 fully saturated rings. The molecule has 0 aromatic rings. The van der Waals surface area contributed by atoms with Crippen molar-refractivity contribution in [1.82, 2.24) is 0 Å². The Morgan fingerprint density at radius 3 is 0.923 bits per heavy atom. The van der Waals surface area contributed by atoms with Crippen LogP contribution in [-0.2, 0) is 262 Å². The minimum absolute atomic E-state index is 0. The summed E-state index contributed by atoms with van der Waals surface area (Å²) in [6.07, 6.45) is 2.52. The van der Waals surface area contributed by atoms with E-state index in [1.54, 1.807) is 0 Å². The molecule has 0 amide bonds. The van der Waals surface area contributed by atoms with Gasteiger partial charge in [0, 0.05) is 268 Å². The summed E-state index contributed by atoms with van der Waals surface area (Å²) in [6.45, 7) is 0.417. The summed E-state index contributed by atoms with van der Waals surface area (Å²) in [4.78, 5) is 0. The van der Waals surface area contributed by atoms with E-state index in [1.165, 1.54) is 12.8 Å². The van der Waals surface area contributed by atoms with Crippen LogP contribution in [0.3, 0.4) is 0 Å². The molecule has 54 valence electrons. The summed E-state index contributed by atoms with van der Waals surface area (Å²) in [5.74, 6) is 0.690. The van der Waals surface area contributed by atoms with Crippen LogP contribution in [0.1, 0.15) is 12.8 Å². The molecule has 9 heteroatoms. The van der Waals surface area contributed by atoms with Gasteiger partial charge in [0.25, 0.3) is 0 Å². The van der Waals surface area contributed by atoms with Crippen LogP contribution in [0, 0.1) is 5.92 Å². The van der Waals surface area contributed by atoms with Crippen LogP contribution in [-0.4, -0.2) is 11.7 Å². The Kier molecular flexibility index (Phi) is 142. The third kappa shape index (κ3) is 38.6. The summed E-state index contributed by atoms with van der Waals surface area (Å²) in [5, 5.41) is 8.21. The molecule has 0 aromatic heterocycles. The molecule has 1 saturated carbocycles. The van der Waals surface area contributed by atoms with Gasteiger partial charge in [0.2, 0.25) is 0 Å². The second-order valence-electron chi connectivity index (χ2n) is 1.63. The fourth-order valence-corrected chi connectivity index (χ4v) is 0.300. The van der Waals surface area contributed by atoms with E-state index in [0.29, 0.717) is 12.5 Å². The first kappa shape index (κ1) is 49.5. The van der Waals surface area contributed by atoms with Crippen molar-refractivity contribution in [3.05, 3.63) is 0 Å². The van der Waals surface area contributed by atoms with Crippen molar-refractivity contribution in [2.24, 2.45) is 5.92 Å². The maximum Gasteiger partial charge on any atom is 0.0459 e. The zero-order valence-corrected chi connectivity index (χ0v) is 30.5. The van der Waals surface area contributed by atoms with Crippen LogP contribution < -0.4 is 0 Å². The average molecular weight is 783 g/mol. The Morgan fingerprint density at radius 1 is 0.692 bits per heavy atom. The third-order valence-corrected chi connectivity index (χ3v) is 0.955.